The maximum absolute atomic E-state index is 12.1. The van der Waals surface area contributed by atoms with Crippen LogP contribution in [0.15, 0.2) is 12.7 Å². The molecule has 0 aromatic carbocycles. The SMILES string of the molecule is C=CCC[C@](C)(NC(C)C)C(=O)C(C)C.S=S=S=S. The van der Waals surface area contributed by atoms with E-state index in [9.17, 15) is 4.79 Å². The number of ketones is 1. The molecule has 0 aliphatic heterocycles. The predicted molar refractivity (Wildman–Crippen MR) is 95.4 cm³/mol. The summed E-state index contributed by atoms with van der Waals surface area (Å²) in [5.41, 5.74) is -0.406. The van der Waals surface area contributed by atoms with Crippen molar-refractivity contribution in [2.75, 3.05) is 0 Å². The van der Waals surface area contributed by atoms with Gasteiger partial charge in [-0.3, -0.25) is 4.79 Å². The molecule has 0 aromatic rings. The Bertz CT molecular complexity index is 348. The largest absolute Gasteiger partial charge is 0.303 e. The van der Waals surface area contributed by atoms with Gasteiger partial charge in [-0.25, -0.2) is 0 Å². The summed E-state index contributed by atoms with van der Waals surface area (Å²) in [5, 5.41) is 3.37. The Morgan fingerprint density at radius 2 is 1.79 bits per heavy atom. The standard InChI is InChI=1S/C13H25NO.S4/c1-7-8-9-13(6,14-11(4)5)12(15)10(2)3;1-3-4-2/h7,10-11,14H,1,8-9H2,2-6H3;/t13-;/m0./s1. The molecule has 0 aliphatic carbocycles. The van der Waals surface area contributed by atoms with E-state index in [4.69, 9.17) is 0 Å². The summed E-state index contributed by atoms with van der Waals surface area (Å²) in [6.07, 6.45) is 3.56. The molecular formula is C13H25NOS4. The highest BCUT2D eigenvalue weighted by molar-refractivity contribution is 8.51. The van der Waals surface area contributed by atoms with Crippen molar-refractivity contribution in [3.8, 4) is 0 Å². The lowest BCUT2D eigenvalue weighted by molar-refractivity contribution is -0.128. The minimum atomic E-state index is -0.406. The fourth-order valence-corrected chi connectivity index (χ4v) is 1.93. The first-order chi connectivity index (χ1) is 8.75. The maximum Gasteiger partial charge on any atom is 0.155 e. The van der Waals surface area contributed by atoms with E-state index in [2.05, 4.69) is 48.1 Å². The third-order valence-corrected chi connectivity index (χ3v) is 4.77. The summed E-state index contributed by atoms with van der Waals surface area (Å²) in [4.78, 5) is 12.1. The van der Waals surface area contributed by atoms with Crippen LogP contribution in [0.2, 0.25) is 0 Å². The molecule has 0 saturated heterocycles. The van der Waals surface area contributed by atoms with Gasteiger partial charge in [0, 0.05) is 52.1 Å². The van der Waals surface area contributed by atoms with Crippen LogP contribution in [0.5, 0.6) is 0 Å². The second-order valence-corrected chi connectivity index (χ2v) is 8.65. The molecule has 2 nitrogen and oxygen atoms in total. The van der Waals surface area contributed by atoms with E-state index >= 15 is 0 Å². The molecule has 0 heterocycles. The smallest absolute Gasteiger partial charge is 0.155 e. The Hall–Kier alpha value is 0.250. The Morgan fingerprint density at radius 3 is 2.05 bits per heavy atom. The second-order valence-electron chi connectivity index (χ2n) is 5.11. The van der Waals surface area contributed by atoms with Gasteiger partial charge in [-0.2, -0.15) is 0 Å². The first kappa shape index (κ1) is 21.5. The normalized spacial score (nSPS) is 13.2. The molecule has 0 unspecified atom stereocenters. The zero-order valence-electron chi connectivity index (χ0n) is 12.4. The summed E-state index contributed by atoms with van der Waals surface area (Å²) in [5.74, 6) is 0.365. The van der Waals surface area contributed by atoms with Crippen LogP contribution in [0.4, 0.5) is 0 Å². The molecule has 0 rings (SSSR count). The van der Waals surface area contributed by atoms with E-state index in [1.165, 1.54) is 17.8 Å². The molecule has 1 N–H and O–H groups in total. The highest BCUT2D eigenvalue weighted by Gasteiger charge is 2.33. The molecule has 19 heavy (non-hydrogen) atoms. The van der Waals surface area contributed by atoms with Crippen molar-refractivity contribution in [1.82, 2.24) is 5.32 Å². The van der Waals surface area contributed by atoms with E-state index in [0.717, 1.165) is 12.8 Å². The van der Waals surface area contributed by atoms with Gasteiger partial charge >= 0.3 is 0 Å². The van der Waals surface area contributed by atoms with Crippen molar-refractivity contribution in [3.05, 3.63) is 12.7 Å². The van der Waals surface area contributed by atoms with Gasteiger partial charge in [-0.1, -0.05) is 19.9 Å². The number of nitrogens with one attached hydrogen (secondary N) is 1. The fourth-order valence-electron chi connectivity index (χ4n) is 1.93. The molecule has 0 radical (unpaired) electrons. The van der Waals surface area contributed by atoms with Gasteiger partial charge in [0.15, 0.2) is 5.78 Å². The quantitative estimate of drug-likeness (QED) is 0.722. The first-order valence-electron chi connectivity index (χ1n) is 6.26. The molecule has 1 atom stereocenters. The first-order valence-corrected chi connectivity index (χ1v) is 10.3. The number of hydrogen-bond acceptors (Lipinski definition) is 4. The summed E-state index contributed by atoms with van der Waals surface area (Å²) >= 11 is 8.66. The lowest BCUT2D eigenvalue weighted by atomic mass is 9.84. The second kappa shape index (κ2) is 12.0. The van der Waals surface area contributed by atoms with E-state index in [1.54, 1.807) is 0 Å². The van der Waals surface area contributed by atoms with Crippen molar-refractivity contribution >= 4 is 45.9 Å². The summed E-state index contributed by atoms with van der Waals surface area (Å²) in [6.45, 7) is 13.8. The van der Waals surface area contributed by atoms with Crippen LogP contribution in [0.25, 0.3) is 0 Å². The van der Waals surface area contributed by atoms with Crippen molar-refractivity contribution in [2.24, 2.45) is 5.92 Å². The molecule has 0 aliphatic rings. The van der Waals surface area contributed by atoms with Crippen molar-refractivity contribution in [3.63, 3.8) is 0 Å². The highest BCUT2D eigenvalue weighted by Crippen LogP contribution is 2.19. The highest BCUT2D eigenvalue weighted by atomic mass is 33.2. The molecule has 0 amide bonds. The van der Waals surface area contributed by atoms with E-state index in [1.807, 2.05) is 26.8 Å². The molecule has 112 valence electrons. The van der Waals surface area contributed by atoms with Gasteiger partial charge in [0.05, 0.1) is 5.54 Å². The monoisotopic (exact) mass is 339 g/mol. The van der Waals surface area contributed by atoms with Crippen LogP contribution in [-0.2, 0) is 44.9 Å². The Balaban J connectivity index is 0. The van der Waals surface area contributed by atoms with Crippen molar-refractivity contribution in [1.29, 1.82) is 0 Å². The summed E-state index contributed by atoms with van der Waals surface area (Å²) in [7, 11) is 2.34. The average Bonchev–Trinajstić information content (AvgIpc) is 2.34. The van der Waals surface area contributed by atoms with E-state index in [0.29, 0.717) is 6.04 Å². The third-order valence-electron chi connectivity index (χ3n) is 2.55. The van der Waals surface area contributed by atoms with Crippen molar-refractivity contribution in [2.45, 2.75) is 59.0 Å². The van der Waals surface area contributed by atoms with Gasteiger partial charge in [-0.05, 0) is 33.6 Å². The number of Topliss-reactive ketones (excluding diaryl/α,β-unsaturated/α-hetero) is 1. The molecule has 0 bridgehead atoms. The zero-order chi connectivity index (χ0) is 15.5. The Labute approximate surface area is 133 Å². The number of carbonyl (C=O) groups excluding carboxylic acids is 1. The molecule has 0 fully saturated rings. The number of hydrogen-bond donors (Lipinski definition) is 1. The number of carbonyl (C=O) groups is 1. The van der Waals surface area contributed by atoms with Gasteiger partial charge in [0.1, 0.15) is 0 Å². The van der Waals surface area contributed by atoms with Crippen LogP contribution in [-0.4, -0.2) is 17.4 Å². The van der Waals surface area contributed by atoms with Crippen LogP contribution < -0.4 is 5.32 Å². The molecule has 6 heteroatoms. The van der Waals surface area contributed by atoms with Gasteiger partial charge in [0.25, 0.3) is 0 Å². The van der Waals surface area contributed by atoms with Crippen LogP contribution in [0.1, 0.15) is 47.5 Å². The lowest BCUT2D eigenvalue weighted by Gasteiger charge is -2.33. The van der Waals surface area contributed by atoms with E-state index in [-0.39, 0.29) is 11.7 Å². The lowest BCUT2D eigenvalue weighted by Crippen LogP contribution is -2.53. The van der Waals surface area contributed by atoms with Gasteiger partial charge in [0.2, 0.25) is 0 Å². The minimum absolute atomic E-state index is 0.0751. The van der Waals surface area contributed by atoms with Crippen LogP contribution >= 0.6 is 0 Å². The fraction of sp³-hybridized carbons (Fsp3) is 0.769. The number of rotatable bonds is 7. The number of allylic oxidation sites excluding steroid dienone is 1. The molecule has 0 spiro atoms. The van der Waals surface area contributed by atoms with Crippen molar-refractivity contribution < 1.29 is 4.79 Å². The minimum Gasteiger partial charge on any atom is -0.303 e. The predicted octanol–water partition coefficient (Wildman–Crippen LogP) is 2.92. The molecule has 0 aromatic heterocycles. The zero-order valence-corrected chi connectivity index (χ0v) is 15.7. The summed E-state index contributed by atoms with van der Waals surface area (Å²) in [6, 6.07) is 0.322. The average molecular weight is 340 g/mol. The van der Waals surface area contributed by atoms with Gasteiger partial charge < -0.3 is 5.32 Å². The Kier molecular flexibility index (Phi) is 13.6. The topological polar surface area (TPSA) is 29.1 Å². The van der Waals surface area contributed by atoms with E-state index < -0.39 is 5.54 Å². The third kappa shape index (κ3) is 10.7. The maximum atomic E-state index is 12.1. The molecule has 0 saturated carbocycles. The van der Waals surface area contributed by atoms with Crippen LogP contribution in [0.3, 0.4) is 0 Å². The molecular weight excluding hydrogens is 314 g/mol. The van der Waals surface area contributed by atoms with Gasteiger partial charge in [-0.15, -0.1) is 6.58 Å². The Morgan fingerprint density at radius 1 is 1.32 bits per heavy atom. The summed E-state index contributed by atoms with van der Waals surface area (Å²) < 4.78 is 0. The van der Waals surface area contributed by atoms with Crippen LogP contribution in [0, 0.1) is 5.92 Å².